The zero-order chi connectivity index (χ0) is 14.8. The van der Waals surface area contributed by atoms with Gasteiger partial charge < -0.3 is 15.5 Å². The van der Waals surface area contributed by atoms with E-state index >= 15 is 0 Å². The fourth-order valence-electron chi connectivity index (χ4n) is 2.46. The number of nitrogens with two attached hydrogens (primary N) is 1. The first-order chi connectivity index (χ1) is 10.2. The van der Waals surface area contributed by atoms with Crippen molar-refractivity contribution in [1.29, 1.82) is 0 Å². The lowest BCUT2D eigenvalue weighted by Crippen LogP contribution is -2.47. The molecule has 21 heavy (non-hydrogen) atoms. The van der Waals surface area contributed by atoms with Gasteiger partial charge in [-0.05, 0) is 28.1 Å². The summed E-state index contributed by atoms with van der Waals surface area (Å²) < 4.78 is 14.5. The van der Waals surface area contributed by atoms with E-state index in [1.54, 1.807) is 6.07 Å². The number of nitrogens with zero attached hydrogens (tertiary/aromatic N) is 4. The molecule has 1 aromatic heterocycles. The van der Waals surface area contributed by atoms with Crippen LogP contribution in [0.4, 0.5) is 21.7 Å². The largest absolute Gasteiger partial charge is 0.383 e. The first-order valence-electron chi connectivity index (χ1n) is 6.67. The number of anilines is 3. The van der Waals surface area contributed by atoms with Crippen LogP contribution in [0.1, 0.15) is 0 Å². The number of piperazine rings is 1. The molecule has 1 aliphatic rings. The van der Waals surface area contributed by atoms with Gasteiger partial charge in [0.05, 0.1) is 5.69 Å². The minimum absolute atomic E-state index is 0.182. The van der Waals surface area contributed by atoms with E-state index in [-0.39, 0.29) is 5.82 Å². The summed E-state index contributed by atoms with van der Waals surface area (Å²) in [6, 6.07) is 6.86. The molecule has 0 aliphatic carbocycles. The van der Waals surface area contributed by atoms with Crippen LogP contribution >= 0.6 is 15.9 Å². The first-order valence-corrected chi connectivity index (χ1v) is 7.46. The molecule has 1 aromatic carbocycles. The monoisotopic (exact) mass is 351 g/mol. The maximum atomic E-state index is 13.8. The molecule has 0 spiro atoms. The normalized spacial score (nSPS) is 15.3. The van der Waals surface area contributed by atoms with Crippen molar-refractivity contribution in [3.8, 4) is 0 Å². The van der Waals surface area contributed by atoms with Crippen molar-refractivity contribution >= 4 is 33.3 Å². The predicted octanol–water partition coefficient (Wildman–Crippen LogP) is 2.29. The van der Waals surface area contributed by atoms with Crippen molar-refractivity contribution in [2.24, 2.45) is 0 Å². The van der Waals surface area contributed by atoms with Crippen molar-refractivity contribution in [2.45, 2.75) is 0 Å². The second-order valence-electron chi connectivity index (χ2n) is 4.82. The molecule has 110 valence electrons. The average Bonchev–Trinajstić information content (AvgIpc) is 2.51. The topological polar surface area (TPSA) is 58.3 Å². The van der Waals surface area contributed by atoms with Crippen LogP contribution in [0.5, 0.6) is 0 Å². The van der Waals surface area contributed by atoms with Gasteiger partial charge in [-0.15, -0.1) is 0 Å². The number of aromatic nitrogens is 2. The lowest BCUT2D eigenvalue weighted by molar-refractivity contribution is 0.596. The maximum Gasteiger partial charge on any atom is 0.148 e. The summed E-state index contributed by atoms with van der Waals surface area (Å²) in [5, 5.41) is 0. The van der Waals surface area contributed by atoms with Gasteiger partial charge in [-0.1, -0.05) is 12.1 Å². The average molecular weight is 352 g/mol. The van der Waals surface area contributed by atoms with Gasteiger partial charge in [0.15, 0.2) is 0 Å². The number of benzene rings is 1. The molecule has 2 N–H and O–H groups in total. The Morgan fingerprint density at radius 1 is 1.05 bits per heavy atom. The quantitative estimate of drug-likeness (QED) is 0.899. The second kappa shape index (κ2) is 5.85. The van der Waals surface area contributed by atoms with E-state index in [1.165, 1.54) is 12.4 Å². The van der Waals surface area contributed by atoms with Crippen LogP contribution in [0.15, 0.2) is 35.1 Å². The molecule has 1 aliphatic heterocycles. The summed E-state index contributed by atoms with van der Waals surface area (Å²) in [6.45, 7) is 2.97. The molecule has 1 fully saturated rings. The number of halogens is 2. The molecule has 2 heterocycles. The van der Waals surface area contributed by atoms with Crippen molar-refractivity contribution < 1.29 is 4.39 Å². The molecule has 5 nitrogen and oxygen atoms in total. The molecule has 0 saturated carbocycles. The van der Waals surface area contributed by atoms with Crippen LogP contribution in [0.25, 0.3) is 0 Å². The molecule has 1 saturated heterocycles. The summed E-state index contributed by atoms with van der Waals surface area (Å²) in [7, 11) is 0. The smallest absolute Gasteiger partial charge is 0.148 e. The van der Waals surface area contributed by atoms with Gasteiger partial charge in [0.2, 0.25) is 0 Å². The van der Waals surface area contributed by atoms with Crippen LogP contribution in [-0.4, -0.2) is 36.1 Å². The third kappa shape index (κ3) is 2.78. The molecular weight excluding hydrogens is 337 g/mol. The molecule has 0 bridgehead atoms. The molecule has 0 unspecified atom stereocenters. The summed E-state index contributed by atoms with van der Waals surface area (Å²) >= 11 is 3.42. The maximum absolute atomic E-state index is 13.8. The van der Waals surface area contributed by atoms with Gasteiger partial charge in [0.1, 0.15) is 28.3 Å². The molecule has 2 aromatic rings. The molecule has 3 rings (SSSR count). The summed E-state index contributed by atoms with van der Waals surface area (Å²) in [4.78, 5) is 12.4. The zero-order valence-electron chi connectivity index (χ0n) is 11.3. The van der Waals surface area contributed by atoms with Gasteiger partial charge in [-0.2, -0.15) is 0 Å². The Bertz CT molecular complexity index is 643. The SMILES string of the molecule is Nc1ncnc(N2CCN(c3ccccc3F)CC2)c1Br. The third-order valence-corrected chi connectivity index (χ3v) is 4.33. The molecular formula is C14H15BrFN5. The Hall–Kier alpha value is -1.89. The van der Waals surface area contributed by atoms with Crippen LogP contribution in [0.2, 0.25) is 0 Å². The van der Waals surface area contributed by atoms with Crippen molar-refractivity contribution in [2.75, 3.05) is 41.7 Å². The van der Waals surface area contributed by atoms with E-state index in [0.717, 1.165) is 32.0 Å². The van der Waals surface area contributed by atoms with Gasteiger partial charge in [0, 0.05) is 26.2 Å². The van der Waals surface area contributed by atoms with E-state index in [1.807, 2.05) is 17.0 Å². The van der Waals surface area contributed by atoms with E-state index in [0.29, 0.717) is 16.0 Å². The Morgan fingerprint density at radius 3 is 2.43 bits per heavy atom. The summed E-state index contributed by atoms with van der Waals surface area (Å²) in [5.74, 6) is 1.03. The lowest BCUT2D eigenvalue weighted by atomic mass is 10.2. The standard InChI is InChI=1S/C14H15BrFN5/c15-12-13(17)18-9-19-14(12)21-7-5-20(6-8-21)11-4-2-1-3-10(11)16/h1-4,9H,5-8H2,(H2,17,18,19). The minimum Gasteiger partial charge on any atom is -0.383 e. The Balaban J connectivity index is 1.74. The third-order valence-electron chi connectivity index (χ3n) is 3.57. The first kappa shape index (κ1) is 14.1. The van der Waals surface area contributed by atoms with Gasteiger partial charge in [0.25, 0.3) is 0 Å². The van der Waals surface area contributed by atoms with Crippen LogP contribution in [0.3, 0.4) is 0 Å². The highest BCUT2D eigenvalue weighted by Gasteiger charge is 2.22. The molecule has 0 amide bonds. The fourth-order valence-corrected chi connectivity index (χ4v) is 2.92. The predicted molar refractivity (Wildman–Crippen MR) is 85.0 cm³/mol. The van der Waals surface area contributed by atoms with Crippen molar-refractivity contribution in [1.82, 2.24) is 9.97 Å². The van der Waals surface area contributed by atoms with E-state index in [9.17, 15) is 4.39 Å². The lowest BCUT2D eigenvalue weighted by Gasteiger charge is -2.37. The van der Waals surface area contributed by atoms with Gasteiger partial charge >= 0.3 is 0 Å². The van der Waals surface area contributed by atoms with Crippen LogP contribution < -0.4 is 15.5 Å². The van der Waals surface area contributed by atoms with Crippen LogP contribution in [0, 0.1) is 5.82 Å². The molecule has 0 radical (unpaired) electrons. The number of hydrogen-bond acceptors (Lipinski definition) is 5. The van der Waals surface area contributed by atoms with Gasteiger partial charge in [-0.3, -0.25) is 0 Å². The molecule has 7 heteroatoms. The Morgan fingerprint density at radius 2 is 1.71 bits per heavy atom. The Labute approximate surface area is 130 Å². The van der Waals surface area contributed by atoms with Crippen molar-refractivity contribution in [3.05, 3.63) is 40.9 Å². The highest BCUT2D eigenvalue weighted by molar-refractivity contribution is 9.10. The fraction of sp³-hybridized carbons (Fsp3) is 0.286. The summed E-state index contributed by atoms with van der Waals surface area (Å²) in [6.07, 6.45) is 1.46. The molecule has 0 atom stereocenters. The van der Waals surface area contributed by atoms with E-state index in [2.05, 4.69) is 30.8 Å². The number of rotatable bonds is 2. The van der Waals surface area contributed by atoms with E-state index < -0.39 is 0 Å². The number of nitrogen functional groups attached to an aromatic ring is 1. The summed E-state index contributed by atoms with van der Waals surface area (Å²) in [5.41, 5.74) is 6.43. The zero-order valence-corrected chi connectivity index (χ0v) is 12.9. The highest BCUT2D eigenvalue weighted by atomic mass is 79.9. The van der Waals surface area contributed by atoms with Gasteiger partial charge in [-0.25, -0.2) is 14.4 Å². The van der Waals surface area contributed by atoms with E-state index in [4.69, 9.17) is 5.73 Å². The second-order valence-corrected chi connectivity index (χ2v) is 5.62. The minimum atomic E-state index is -0.182. The van der Waals surface area contributed by atoms with Crippen molar-refractivity contribution in [3.63, 3.8) is 0 Å². The van der Waals surface area contributed by atoms with Crippen LogP contribution in [-0.2, 0) is 0 Å². The Kier molecular flexibility index (Phi) is 3.92. The number of hydrogen-bond donors (Lipinski definition) is 1. The highest BCUT2D eigenvalue weighted by Crippen LogP contribution is 2.29. The number of para-hydroxylation sites is 1.